The van der Waals surface area contributed by atoms with Gasteiger partial charge in [0.1, 0.15) is 5.56 Å². The summed E-state index contributed by atoms with van der Waals surface area (Å²) in [6.07, 6.45) is 1.15. The molecule has 0 saturated heterocycles. The molecular formula is C14H13FN2O4. The van der Waals surface area contributed by atoms with Gasteiger partial charge in [0.05, 0.1) is 7.11 Å². The quantitative estimate of drug-likeness (QED) is 0.771. The van der Waals surface area contributed by atoms with Crippen molar-refractivity contribution in [1.29, 1.82) is 0 Å². The lowest BCUT2D eigenvalue weighted by molar-refractivity contribution is 0.103. The number of rotatable bonds is 3. The first kappa shape index (κ1) is 14.7. The van der Waals surface area contributed by atoms with Crippen molar-refractivity contribution in [2.24, 2.45) is 14.1 Å². The van der Waals surface area contributed by atoms with Crippen molar-refractivity contribution in [3.05, 3.63) is 62.2 Å². The average Bonchev–Trinajstić information content (AvgIpc) is 2.48. The molecule has 0 radical (unpaired) electrons. The molecular weight excluding hydrogens is 279 g/mol. The smallest absolute Gasteiger partial charge is 0.330 e. The third-order valence-corrected chi connectivity index (χ3v) is 3.11. The molecule has 110 valence electrons. The summed E-state index contributed by atoms with van der Waals surface area (Å²) in [6.45, 7) is 0. The Morgan fingerprint density at radius 2 is 1.90 bits per heavy atom. The molecule has 2 aromatic rings. The van der Waals surface area contributed by atoms with Gasteiger partial charge in [-0.3, -0.25) is 14.2 Å². The topological polar surface area (TPSA) is 70.3 Å². The van der Waals surface area contributed by atoms with Crippen LogP contribution in [0.1, 0.15) is 15.9 Å². The van der Waals surface area contributed by atoms with Gasteiger partial charge in [-0.05, 0) is 18.2 Å². The zero-order chi connectivity index (χ0) is 15.7. The summed E-state index contributed by atoms with van der Waals surface area (Å²) in [5.41, 5.74) is -1.47. The third kappa shape index (κ3) is 2.49. The number of carbonyl (C=O) groups excluding carboxylic acids is 1. The maximum absolute atomic E-state index is 13.6. The van der Waals surface area contributed by atoms with Gasteiger partial charge >= 0.3 is 5.69 Å². The van der Waals surface area contributed by atoms with E-state index in [4.69, 9.17) is 4.74 Å². The van der Waals surface area contributed by atoms with Crippen LogP contribution in [0.2, 0.25) is 0 Å². The minimum absolute atomic E-state index is 0.0000795. The summed E-state index contributed by atoms with van der Waals surface area (Å²) in [6, 6.07) is 3.65. The van der Waals surface area contributed by atoms with E-state index < -0.39 is 22.8 Å². The molecule has 0 saturated carbocycles. The zero-order valence-electron chi connectivity index (χ0n) is 11.7. The molecule has 0 aliphatic rings. The molecule has 1 heterocycles. The Morgan fingerprint density at radius 3 is 2.48 bits per heavy atom. The minimum atomic E-state index is -0.723. The van der Waals surface area contributed by atoms with Gasteiger partial charge in [-0.15, -0.1) is 0 Å². The van der Waals surface area contributed by atoms with Gasteiger partial charge in [0, 0.05) is 25.9 Å². The monoisotopic (exact) mass is 292 g/mol. The molecule has 0 N–H and O–H groups in total. The van der Waals surface area contributed by atoms with Crippen molar-refractivity contribution < 1.29 is 13.9 Å². The number of benzene rings is 1. The molecule has 7 heteroatoms. The molecule has 0 aliphatic carbocycles. The standard InChI is InChI=1S/C14H13FN2O4/c1-16-7-9(13(19)17(2)14(16)20)12(18)8-4-5-11(21-3)10(15)6-8/h4-7H,1-3H3. The summed E-state index contributed by atoms with van der Waals surface area (Å²) in [4.78, 5) is 35.8. The van der Waals surface area contributed by atoms with Crippen LogP contribution in [0, 0.1) is 5.82 Å². The first-order chi connectivity index (χ1) is 9.86. The predicted octanol–water partition coefficient (Wildman–Crippen LogP) is 0.463. The lowest BCUT2D eigenvalue weighted by Crippen LogP contribution is -2.39. The summed E-state index contributed by atoms with van der Waals surface area (Å²) in [7, 11) is 4.01. The van der Waals surface area contributed by atoms with Gasteiger partial charge in [0.15, 0.2) is 17.3 Å². The van der Waals surface area contributed by atoms with Crippen molar-refractivity contribution in [3.8, 4) is 5.75 Å². The van der Waals surface area contributed by atoms with Crippen LogP contribution in [0.5, 0.6) is 5.75 Å². The van der Waals surface area contributed by atoms with E-state index in [9.17, 15) is 18.8 Å². The van der Waals surface area contributed by atoms with Crippen LogP contribution in [0.3, 0.4) is 0 Å². The number of carbonyl (C=O) groups is 1. The lowest BCUT2D eigenvalue weighted by atomic mass is 10.1. The Bertz CT molecular complexity index is 836. The maximum atomic E-state index is 13.6. The molecule has 0 unspecified atom stereocenters. The van der Waals surface area contributed by atoms with Crippen LogP contribution in [-0.2, 0) is 14.1 Å². The fraction of sp³-hybridized carbons (Fsp3) is 0.214. The predicted molar refractivity (Wildman–Crippen MR) is 73.3 cm³/mol. The van der Waals surface area contributed by atoms with Gasteiger partial charge in [-0.25, -0.2) is 9.18 Å². The van der Waals surface area contributed by atoms with Crippen LogP contribution in [0.25, 0.3) is 0 Å². The van der Waals surface area contributed by atoms with Crippen LogP contribution in [0.15, 0.2) is 34.0 Å². The number of methoxy groups -OCH3 is 1. The fourth-order valence-corrected chi connectivity index (χ4v) is 1.93. The molecule has 2 rings (SSSR count). The van der Waals surface area contributed by atoms with Crippen LogP contribution >= 0.6 is 0 Å². The fourth-order valence-electron chi connectivity index (χ4n) is 1.93. The summed E-state index contributed by atoms with van der Waals surface area (Å²) in [5, 5.41) is 0. The van der Waals surface area contributed by atoms with Crippen molar-refractivity contribution in [1.82, 2.24) is 9.13 Å². The van der Waals surface area contributed by atoms with Crippen molar-refractivity contribution in [2.75, 3.05) is 7.11 Å². The second-order valence-corrected chi connectivity index (χ2v) is 4.48. The highest BCUT2D eigenvalue weighted by Crippen LogP contribution is 2.18. The van der Waals surface area contributed by atoms with Gasteiger partial charge in [-0.2, -0.15) is 0 Å². The normalized spacial score (nSPS) is 10.5. The van der Waals surface area contributed by atoms with Gasteiger partial charge in [0.2, 0.25) is 0 Å². The molecule has 0 atom stereocenters. The molecule has 0 bridgehead atoms. The number of ketones is 1. The number of aryl methyl sites for hydroxylation is 1. The first-order valence-corrected chi connectivity index (χ1v) is 6.01. The van der Waals surface area contributed by atoms with Crippen LogP contribution < -0.4 is 16.0 Å². The van der Waals surface area contributed by atoms with Crippen molar-refractivity contribution in [3.63, 3.8) is 0 Å². The Balaban J connectivity index is 2.58. The average molecular weight is 292 g/mol. The summed E-state index contributed by atoms with van der Waals surface area (Å²) in [5.74, 6) is -1.36. The van der Waals surface area contributed by atoms with Crippen molar-refractivity contribution in [2.45, 2.75) is 0 Å². The van der Waals surface area contributed by atoms with E-state index in [0.717, 1.165) is 21.4 Å². The van der Waals surface area contributed by atoms with Gasteiger partial charge in [0.25, 0.3) is 5.56 Å². The van der Waals surface area contributed by atoms with Gasteiger partial charge < -0.3 is 9.30 Å². The Morgan fingerprint density at radius 1 is 1.24 bits per heavy atom. The third-order valence-electron chi connectivity index (χ3n) is 3.11. The number of nitrogens with zero attached hydrogens (tertiary/aromatic N) is 2. The number of hydrogen-bond acceptors (Lipinski definition) is 4. The lowest BCUT2D eigenvalue weighted by Gasteiger charge is -2.07. The molecule has 0 fully saturated rings. The second-order valence-electron chi connectivity index (χ2n) is 4.48. The number of aromatic nitrogens is 2. The zero-order valence-corrected chi connectivity index (χ0v) is 11.7. The number of halogens is 1. The molecule has 6 nitrogen and oxygen atoms in total. The highest BCUT2D eigenvalue weighted by molar-refractivity contribution is 6.08. The molecule has 0 amide bonds. The highest BCUT2D eigenvalue weighted by atomic mass is 19.1. The number of hydrogen-bond donors (Lipinski definition) is 0. The number of ether oxygens (including phenoxy) is 1. The highest BCUT2D eigenvalue weighted by Gasteiger charge is 2.18. The molecule has 1 aromatic heterocycles. The Labute approximate surface area is 119 Å². The molecule has 0 aliphatic heterocycles. The molecule has 1 aromatic carbocycles. The van der Waals surface area contributed by atoms with E-state index in [1.807, 2.05) is 0 Å². The molecule has 21 heavy (non-hydrogen) atoms. The van der Waals surface area contributed by atoms with Crippen molar-refractivity contribution >= 4 is 5.78 Å². The summed E-state index contributed by atoms with van der Waals surface area (Å²) < 4.78 is 20.3. The van der Waals surface area contributed by atoms with Crippen LogP contribution in [-0.4, -0.2) is 22.0 Å². The summed E-state index contributed by atoms with van der Waals surface area (Å²) >= 11 is 0. The minimum Gasteiger partial charge on any atom is -0.494 e. The SMILES string of the molecule is COc1ccc(C(=O)c2cn(C)c(=O)n(C)c2=O)cc1F. The van der Waals surface area contributed by atoms with E-state index >= 15 is 0 Å². The van der Waals surface area contributed by atoms with Crippen LogP contribution in [0.4, 0.5) is 4.39 Å². The Kier molecular flexibility index (Phi) is 3.75. The Hall–Kier alpha value is -2.70. The van der Waals surface area contributed by atoms with E-state index in [2.05, 4.69) is 0 Å². The first-order valence-electron chi connectivity index (χ1n) is 6.01. The van der Waals surface area contributed by atoms with Gasteiger partial charge in [-0.1, -0.05) is 0 Å². The second kappa shape index (κ2) is 5.35. The largest absolute Gasteiger partial charge is 0.494 e. The van der Waals surface area contributed by atoms with E-state index in [1.54, 1.807) is 0 Å². The molecule has 0 spiro atoms. The maximum Gasteiger partial charge on any atom is 0.330 e. The van der Waals surface area contributed by atoms with E-state index in [-0.39, 0.29) is 16.9 Å². The van der Waals surface area contributed by atoms with E-state index in [0.29, 0.717) is 0 Å². The van der Waals surface area contributed by atoms with E-state index in [1.165, 1.54) is 33.3 Å².